The summed E-state index contributed by atoms with van der Waals surface area (Å²) in [5.74, 6) is 0.792. The molecule has 0 aromatic heterocycles. The smallest absolute Gasteiger partial charge is 0.306 e. The van der Waals surface area contributed by atoms with Crippen LogP contribution in [0.4, 0.5) is 0 Å². The van der Waals surface area contributed by atoms with E-state index in [1.807, 2.05) is 0 Å². The Kier molecular flexibility index (Phi) is 40.8. The highest BCUT2D eigenvalue weighted by Gasteiger charge is 2.19. The lowest BCUT2D eigenvalue weighted by atomic mass is 10.0. The van der Waals surface area contributed by atoms with E-state index in [1.165, 1.54) is 154 Å². The highest BCUT2D eigenvalue weighted by atomic mass is 16.6. The molecule has 0 aromatic rings. The van der Waals surface area contributed by atoms with E-state index in [4.69, 9.17) is 14.2 Å². The van der Waals surface area contributed by atoms with Crippen LogP contribution in [0.15, 0.2) is 0 Å². The minimum Gasteiger partial charge on any atom is -0.462 e. The van der Waals surface area contributed by atoms with Gasteiger partial charge in [0.05, 0.1) is 0 Å². The van der Waals surface area contributed by atoms with Crippen molar-refractivity contribution >= 4 is 17.9 Å². The van der Waals surface area contributed by atoms with Crippen LogP contribution in [0.5, 0.6) is 0 Å². The molecular formula is C49H94O6. The second kappa shape index (κ2) is 42.0. The molecule has 0 heterocycles. The maximum atomic E-state index is 12.7. The van der Waals surface area contributed by atoms with Gasteiger partial charge in [-0.3, -0.25) is 14.4 Å². The molecule has 0 bridgehead atoms. The van der Waals surface area contributed by atoms with Gasteiger partial charge in [0.2, 0.25) is 0 Å². The first-order chi connectivity index (χ1) is 26.7. The number of unbranched alkanes of at least 4 members (excludes halogenated alkanes) is 28. The first-order valence-electron chi connectivity index (χ1n) is 24.2. The van der Waals surface area contributed by atoms with Gasteiger partial charge in [0.1, 0.15) is 13.2 Å². The maximum absolute atomic E-state index is 12.7. The predicted octanol–water partition coefficient (Wildman–Crippen LogP) is 15.4. The van der Waals surface area contributed by atoms with Crippen LogP contribution in [-0.4, -0.2) is 37.2 Å². The standard InChI is InChI=1S/C49H94O6/c1-6-7-8-9-10-17-26-31-36-41-49(52)55-46(43-54-48(51)40-35-30-25-21-16-19-23-28-33-38-45(4)5)42-53-47(50)39-34-29-24-20-15-13-11-12-14-18-22-27-32-37-44(2)3/h44-46H,6-43H2,1-5H3/t46-/m1/s1. The van der Waals surface area contributed by atoms with Crippen LogP contribution in [0, 0.1) is 11.8 Å². The van der Waals surface area contributed by atoms with Crippen LogP contribution in [0.3, 0.4) is 0 Å². The van der Waals surface area contributed by atoms with Crippen molar-refractivity contribution in [2.75, 3.05) is 13.2 Å². The molecule has 0 radical (unpaired) electrons. The first kappa shape index (κ1) is 53.4. The predicted molar refractivity (Wildman–Crippen MR) is 233 cm³/mol. The normalized spacial score (nSPS) is 12.1. The summed E-state index contributed by atoms with van der Waals surface area (Å²) < 4.78 is 16.7. The van der Waals surface area contributed by atoms with Crippen molar-refractivity contribution in [3.8, 4) is 0 Å². The monoisotopic (exact) mass is 779 g/mol. The summed E-state index contributed by atoms with van der Waals surface area (Å²) in [6, 6.07) is 0. The molecule has 0 rings (SSSR count). The Bertz CT molecular complexity index is 839. The van der Waals surface area contributed by atoms with E-state index in [2.05, 4.69) is 34.6 Å². The van der Waals surface area contributed by atoms with Gasteiger partial charge in [-0.15, -0.1) is 0 Å². The van der Waals surface area contributed by atoms with Crippen molar-refractivity contribution in [3.05, 3.63) is 0 Å². The van der Waals surface area contributed by atoms with E-state index in [1.54, 1.807) is 0 Å². The summed E-state index contributed by atoms with van der Waals surface area (Å²) in [5.41, 5.74) is 0. The highest BCUT2D eigenvalue weighted by Crippen LogP contribution is 2.17. The van der Waals surface area contributed by atoms with Gasteiger partial charge >= 0.3 is 17.9 Å². The molecule has 55 heavy (non-hydrogen) atoms. The number of carbonyl (C=O) groups excluding carboxylic acids is 3. The Hall–Kier alpha value is -1.59. The topological polar surface area (TPSA) is 78.9 Å². The molecule has 6 heteroatoms. The third kappa shape index (κ3) is 43.4. The summed E-state index contributed by atoms with van der Waals surface area (Å²) in [7, 11) is 0. The number of hydrogen-bond acceptors (Lipinski definition) is 6. The van der Waals surface area contributed by atoms with Crippen LogP contribution in [0.2, 0.25) is 0 Å². The van der Waals surface area contributed by atoms with Crippen LogP contribution in [-0.2, 0) is 28.6 Å². The second-order valence-corrected chi connectivity index (χ2v) is 17.7. The van der Waals surface area contributed by atoms with Gasteiger partial charge < -0.3 is 14.2 Å². The molecule has 0 aliphatic rings. The highest BCUT2D eigenvalue weighted by molar-refractivity contribution is 5.71. The van der Waals surface area contributed by atoms with Crippen LogP contribution in [0.25, 0.3) is 0 Å². The Morgan fingerprint density at radius 2 is 0.600 bits per heavy atom. The van der Waals surface area contributed by atoms with E-state index < -0.39 is 6.10 Å². The number of rotatable bonds is 43. The first-order valence-corrected chi connectivity index (χ1v) is 24.2. The molecule has 0 amide bonds. The third-order valence-electron chi connectivity index (χ3n) is 11.0. The van der Waals surface area contributed by atoms with Crippen molar-refractivity contribution in [2.45, 2.75) is 272 Å². The molecule has 6 nitrogen and oxygen atoms in total. The third-order valence-corrected chi connectivity index (χ3v) is 11.0. The number of ether oxygens (including phenoxy) is 3. The second-order valence-electron chi connectivity index (χ2n) is 17.7. The van der Waals surface area contributed by atoms with E-state index >= 15 is 0 Å². The fourth-order valence-corrected chi connectivity index (χ4v) is 7.28. The Morgan fingerprint density at radius 3 is 0.891 bits per heavy atom. The van der Waals surface area contributed by atoms with Gasteiger partial charge in [0.15, 0.2) is 6.10 Å². The Morgan fingerprint density at radius 1 is 0.345 bits per heavy atom. The zero-order chi connectivity index (χ0) is 40.5. The molecule has 326 valence electrons. The van der Waals surface area contributed by atoms with E-state index in [0.717, 1.165) is 69.6 Å². The van der Waals surface area contributed by atoms with Gasteiger partial charge in [0.25, 0.3) is 0 Å². The average molecular weight is 779 g/mol. The molecule has 0 unspecified atom stereocenters. The number of esters is 3. The minimum absolute atomic E-state index is 0.0645. The van der Waals surface area contributed by atoms with Crippen LogP contribution < -0.4 is 0 Å². The summed E-state index contributed by atoms with van der Waals surface area (Å²) >= 11 is 0. The number of carbonyl (C=O) groups is 3. The molecule has 0 aliphatic heterocycles. The summed E-state index contributed by atoms with van der Waals surface area (Å²) in [6.07, 6.45) is 40.9. The summed E-state index contributed by atoms with van der Waals surface area (Å²) in [6.45, 7) is 11.3. The average Bonchev–Trinajstić information content (AvgIpc) is 3.15. The lowest BCUT2D eigenvalue weighted by Gasteiger charge is -2.18. The lowest BCUT2D eigenvalue weighted by molar-refractivity contribution is -0.167. The zero-order valence-electron chi connectivity index (χ0n) is 37.6. The number of hydrogen-bond donors (Lipinski definition) is 0. The quantitative estimate of drug-likeness (QED) is 0.0348. The van der Waals surface area contributed by atoms with Crippen LogP contribution >= 0.6 is 0 Å². The fraction of sp³-hybridized carbons (Fsp3) is 0.939. The fourth-order valence-electron chi connectivity index (χ4n) is 7.28. The van der Waals surface area contributed by atoms with Gasteiger partial charge in [-0.2, -0.15) is 0 Å². The Labute approximate surface area is 342 Å². The molecule has 0 saturated carbocycles. The molecule has 1 atom stereocenters. The molecule has 0 saturated heterocycles. The van der Waals surface area contributed by atoms with Crippen molar-refractivity contribution in [2.24, 2.45) is 11.8 Å². The molecule has 0 N–H and O–H groups in total. The van der Waals surface area contributed by atoms with Gasteiger partial charge in [-0.1, -0.05) is 227 Å². The molecule has 0 spiro atoms. The molecule has 0 fully saturated rings. The lowest BCUT2D eigenvalue weighted by Crippen LogP contribution is -2.30. The van der Waals surface area contributed by atoms with Crippen molar-refractivity contribution < 1.29 is 28.6 Å². The van der Waals surface area contributed by atoms with Crippen molar-refractivity contribution in [1.29, 1.82) is 0 Å². The van der Waals surface area contributed by atoms with E-state index in [0.29, 0.717) is 19.3 Å². The minimum atomic E-state index is -0.760. The molecular weight excluding hydrogens is 685 g/mol. The van der Waals surface area contributed by atoms with Crippen molar-refractivity contribution in [3.63, 3.8) is 0 Å². The SMILES string of the molecule is CCCCCCCCCCCC(=O)O[C@H](COC(=O)CCCCCCCCCCCCCCCC(C)C)COC(=O)CCCCCCCCCCCC(C)C. The zero-order valence-corrected chi connectivity index (χ0v) is 37.6. The van der Waals surface area contributed by atoms with Crippen LogP contribution in [0.1, 0.15) is 266 Å². The van der Waals surface area contributed by atoms with Gasteiger partial charge in [-0.25, -0.2) is 0 Å². The molecule has 0 aliphatic carbocycles. The van der Waals surface area contributed by atoms with E-state index in [-0.39, 0.29) is 31.1 Å². The van der Waals surface area contributed by atoms with Gasteiger partial charge in [0, 0.05) is 19.3 Å². The van der Waals surface area contributed by atoms with Gasteiger partial charge in [-0.05, 0) is 31.1 Å². The van der Waals surface area contributed by atoms with Crippen molar-refractivity contribution in [1.82, 2.24) is 0 Å². The Balaban J connectivity index is 4.26. The largest absolute Gasteiger partial charge is 0.462 e. The maximum Gasteiger partial charge on any atom is 0.306 e. The van der Waals surface area contributed by atoms with E-state index in [9.17, 15) is 14.4 Å². The molecule has 0 aromatic carbocycles. The summed E-state index contributed by atoms with van der Waals surface area (Å²) in [5, 5.41) is 0. The summed E-state index contributed by atoms with van der Waals surface area (Å²) in [4.78, 5) is 37.7.